The Kier molecular flexibility index (Phi) is 4.30. The number of alkyl halides is 1. The topological polar surface area (TPSA) is 34.1 Å². The molecule has 0 bridgehead atoms. The molecule has 1 fully saturated rings. The Hall–Kier alpha value is -0.490. The van der Waals surface area contributed by atoms with Gasteiger partial charge in [-0.25, -0.2) is 17.2 Å². The molecule has 0 saturated heterocycles. The molecule has 6 heteroatoms. The van der Waals surface area contributed by atoms with Gasteiger partial charge in [-0.1, -0.05) is 28.8 Å². The minimum atomic E-state index is -3.59. The smallest absolute Gasteiger partial charge is 0.179 e. The molecule has 0 aromatic heterocycles. The summed E-state index contributed by atoms with van der Waals surface area (Å²) in [6.45, 7) is 0. The van der Waals surface area contributed by atoms with Gasteiger partial charge in [-0.3, -0.25) is 0 Å². The van der Waals surface area contributed by atoms with Crippen LogP contribution in [0.3, 0.4) is 0 Å². The quantitative estimate of drug-likeness (QED) is 0.611. The zero-order valence-corrected chi connectivity index (χ0v) is 12.7. The van der Waals surface area contributed by atoms with E-state index in [9.17, 15) is 17.2 Å². The van der Waals surface area contributed by atoms with Crippen molar-refractivity contribution in [3.05, 3.63) is 29.8 Å². The lowest BCUT2D eigenvalue weighted by Crippen LogP contribution is -2.29. The van der Waals surface area contributed by atoms with E-state index in [1.165, 1.54) is 0 Å². The van der Waals surface area contributed by atoms with Crippen LogP contribution in [0.25, 0.3) is 0 Å². The molecule has 0 N–H and O–H groups in total. The van der Waals surface area contributed by atoms with Gasteiger partial charge in [0, 0.05) is 5.33 Å². The zero-order chi connectivity index (χ0) is 14.1. The van der Waals surface area contributed by atoms with Crippen molar-refractivity contribution in [1.29, 1.82) is 0 Å². The first-order chi connectivity index (χ1) is 8.88. The Bertz CT molecular complexity index is 566. The molecule has 1 aromatic rings. The first-order valence-corrected chi connectivity index (χ1v) is 8.90. The maximum atomic E-state index is 13.2. The van der Waals surface area contributed by atoms with Crippen LogP contribution >= 0.6 is 15.9 Å². The molecule has 19 heavy (non-hydrogen) atoms. The second-order valence-corrected chi connectivity index (χ2v) is 7.73. The first-order valence-electron chi connectivity index (χ1n) is 6.12. The van der Waals surface area contributed by atoms with E-state index in [4.69, 9.17) is 0 Å². The minimum Gasteiger partial charge on any atom is -0.224 e. The molecule has 1 aliphatic rings. The third-order valence-corrected chi connectivity index (χ3v) is 6.85. The summed E-state index contributed by atoms with van der Waals surface area (Å²) in [6.07, 6.45) is 3.72. The standard InChI is InChI=1S/C13H15BrF2O2S/c14-8-13(5-1-2-6-13)9-19(17,18)10-3-4-11(15)12(16)7-10/h3-4,7H,1-2,5-6,8-9H2. The Morgan fingerprint density at radius 2 is 1.79 bits per heavy atom. The third-order valence-electron chi connectivity index (χ3n) is 3.69. The number of halogens is 3. The van der Waals surface area contributed by atoms with Crippen molar-refractivity contribution in [2.45, 2.75) is 30.6 Å². The molecule has 1 aliphatic carbocycles. The maximum Gasteiger partial charge on any atom is 0.179 e. The molecular weight excluding hydrogens is 338 g/mol. The van der Waals surface area contributed by atoms with Crippen molar-refractivity contribution in [1.82, 2.24) is 0 Å². The lowest BCUT2D eigenvalue weighted by molar-refractivity contribution is 0.394. The van der Waals surface area contributed by atoms with Crippen LogP contribution < -0.4 is 0 Å². The van der Waals surface area contributed by atoms with Gasteiger partial charge in [0.2, 0.25) is 0 Å². The van der Waals surface area contributed by atoms with Gasteiger partial charge in [-0.2, -0.15) is 0 Å². The first kappa shape index (κ1) is 14.9. The molecule has 0 heterocycles. The fourth-order valence-corrected chi connectivity index (χ4v) is 5.54. The Morgan fingerprint density at radius 1 is 1.16 bits per heavy atom. The molecule has 1 saturated carbocycles. The van der Waals surface area contributed by atoms with Gasteiger partial charge < -0.3 is 0 Å². The third kappa shape index (κ3) is 3.16. The highest BCUT2D eigenvalue weighted by molar-refractivity contribution is 9.09. The molecular formula is C13H15BrF2O2S. The zero-order valence-electron chi connectivity index (χ0n) is 10.3. The highest BCUT2D eigenvalue weighted by atomic mass is 79.9. The van der Waals surface area contributed by atoms with Crippen LogP contribution in [0.15, 0.2) is 23.1 Å². The average molecular weight is 353 g/mol. The predicted molar refractivity (Wildman–Crippen MR) is 73.1 cm³/mol. The highest BCUT2D eigenvalue weighted by Crippen LogP contribution is 2.41. The van der Waals surface area contributed by atoms with Gasteiger partial charge >= 0.3 is 0 Å². The monoisotopic (exact) mass is 352 g/mol. The SMILES string of the molecule is O=S(=O)(CC1(CBr)CCCC1)c1ccc(F)c(F)c1. The van der Waals surface area contributed by atoms with Crippen LogP contribution in [-0.2, 0) is 9.84 Å². The van der Waals surface area contributed by atoms with Crippen molar-refractivity contribution >= 4 is 25.8 Å². The summed E-state index contributed by atoms with van der Waals surface area (Å²) >= 11 is 3.39. The molecule has 106 valence electrons. The number of sulfone groups is 1. The van der Waals surface area contributed by atoms with E-state index < -0.39 is 21.5 Å². The van der Waals surface area contributed by atoms with E-state index in [1.54, 1.807) is 0 Å². The summed E-state index contributed by atoms with van der Waals surface area (Å²) in [6, 6.07) is 2.75. The molecule has 0 unspecified atom stereocenters. The van der Waals surface area contributed by atoms with E-state index in [0.29, 0.717) is 5.33 Å². The lowest BCUT2D eigenvalue weighted by atomic mass is 9.92. The van der Waals surface area contributed by atoms with E-state index in [2.05, 4.69) is 15.9 Å². The fourth-order valence-electron chi connectivity index (χ4n) is 2.60. The van der Waals surface area contributed by atoms with Crippen molar-refractivity contribution in [3.63, 3.8) is 0 Å². The number of rotatable bonds is 4. The van der Waals surface area contributed by atoms with Gasteiger partial charge in [-0.05, 0) is 36.5 Å². The van der Waals surface area contributed by atoms with Crippen LogP contribution in [0.1, 0.15) is 25.7 Å². The molecule has 0 atom stereocenters. The number of hydrogen-bond acceptors (Lipinski definition) is 2. The normalized spacial score (nSPS) is 18.7. The summed E-state index contributed by atoms with van der Waals surface area (Å²) < 4.78 is 50.6. The van der Waals surface area contributed by atoms with Crippen LogP contribution in [-0.4, -0.2) is 19.5 Å². The van der Waals surface area contributed by atoms with Crippen LogP contribution in [0.4, 0.5) is 8.78 Å². The van der Waals surface area contributed by atoms with E-state index in [1.807, 2.05) is 0 Å². The summed E-state index contributed by atoms with van der Waals surface area (Å²) in [5.74, 6) is -2.17. The molecule has 2 rings (SSSR count). The van der Waals surface area contributed by atoms with Crippen LogP contribution in [0, 0.1) is 17.0 Å². The van der Waals surface area contributed by atoms with Gasteiger partial charge in [0.05, 0.1) is 10.6 Å². The second-order valence-electron chi connectivity index (χ2n) is 5.18. The van der Waals surface area contributed by atoms with Crippen molar-refractivity contribution in [2.75, 3.05) is 11.1 Å². The molecule has 1 aromatic carbocycles. The Morgan fingerprint density at radius 3 is 2.32 bits per heavy atom. The predicted octanol–water partition coefficient (Wildman–Crippen LogP) is 3.69. The van der Waals surface area contributed by atoms with Gasteiger partial charge in [0.15, 0.2) is 21.5 Å². The van der Waals surface area contributed by atoms with Gasteiger partial charge in [0.1, 0.15) is 0 Å². The number of benzene rings is 1. The van der Waals surface area contributed by atoms with E-state index >= 15 is 0 Å². The Balaban J connectivity index is 2.29. The highest BCUT2D eigenvalue weighted by Gasteiger charge is 2.38. The van der Waals surface area contributed by atoms with Crippen LogP contribution in [0.2, 0.25) is 0 Å². The minimum absolute atomic E-state index is 0.0175. The molecule has 0 radical (unpaired) electrons. The van der Waals surface area contributed by atoms with E-state index in [-0.39, 0.29) is 16.1 Å². The molecule has 0 spiro atoms. The second kappa shape index (κ2) is 5.48. The molecule has 0 amide bonds. The lowest BCUT2D eigenvalue weighted by Gasteiger charge is -2.26. The number of hydrogen-bond donors (Lipinski definition) is 0. The van der Waals surface area contributed by atoms with E-state index in [0.717, 1.165) is 43.9 Å². The largest absolute Gasteiger partial charge is 0.224 e. The van der Waals surface area contributed by atoms with Gasteiger partial charge in [-0.15, -0.1) is 0 Å². The van der Waals surface area contributed by atoms with Crippen molar-refractivity contribution in [3.8, 4) is 0 Å². The maximum absolute atomic E-state index is 13.2. The van der Waals surface area contributed by atoms with Crippen LogP contribution in [0.5, 0.6) is 0 Å². The van der Waals surface area contributed by atoms with Crippen molar-refractivity contribution < 1.29 is 17.2 Å². The Labute approximate surface area is 120 Å². The fraction of sp³-hybridized carbons (Fsp3) is 0.538. The summed E-state index contributed by atoms with van der Waals surface area (Å²) in [5.41, 5.74) is -0.274. The van der Waals surface area contributed by atoms with Gasteiger partial charge in [0.25, 0.3) is 0 Å². The molecule has 2 nitrogen and oxygen atoms in total. The average Bonchev–Trinajstić information content (AvgIpc) is 2.81. The van der Waals surface area contributed by atoms with Crippen molar-refractivity contribution in [2.24, 2.45) is 5.41 Å². The summed E-state index contributed by atoms with van der Waals surface area (Å²) in [7, 11) is -3.59. The molecule has 0 aliphatic heterocycles. The summed E-state index contributed by atoms with van der Waals surface area (Å²) in [4.78, 5) is -0.140. The summed E-state index contributed by atoms with van der Waals surface area (Å²) in [5, 5.41) is 0.614.